The average Bonchev–Trinajstić information content (AvgIpc) is 2.47. The normalized spacial score (nSPS) is 15.4. The summed E-state index contributed by atoms with van der Waals surface area (Å²) in [5, 5.41) is 0. The van der Waals surface area contributed by atoms with Crippen molar-refractivity contribution in [1.82, 2.24) is 4.90 Å². The first-order chi connectivity index (χ1) is 8.86. The summed E-state index contributed by atoms with van der Waals surface area (Å²) in [6, 6.07) is 17.6. The molecule has 0 N–H and O–H groups in total. The SMILES string of the molecule is CCN1CCc2cc(-c3ccccc3)ccc2C1. The summed E-state index contributed by atoms with van der Waals surface area (Å²) < 4.78 is 0. The van der Waals surface area contributed by atoms with Gasteiger partial charge in [-0.25, -0.2) is 0 Å². The highest BCUT2D eigenvalue weighted by Gasteiger charge is 2.14. The lowest BCUT2D eigenvalue weighted by molar-refractivity contribution is 0.268. The Morgan fingerprint density at radius 1 is 0.944 bits per heavy atom. The first kappa shape index (κ1) is 11.5. The van der Waals surface area contributed by atoms with Gasteiger partial charge in [-0.1, -0.05) is 55.5 Å². The molecular weight excluding hydrogens is 218 g/mol. The zero-order chi connectivity index (χ0) is 12.4. The molecule has 1 aliphatic heterocycles. The second-order valence-corrected chi connectivity index (χ2v) is 4.97. The topological polar surface area (TPSA) is 3.24 Å². The van der Waals surface area contributed by atoms with Crippen molar-refractivity contribution >= 4 is 0 Å². The van der Waals surface area contributed by atoms with E-state index in [0.29, 0.717) is 0 Å². The lowest BCUT2D eigenvalue weighted by Gasteiger charge is -2.27. The molecule has 0 fully saturated rings. The van der Waals surface area contributed by atoms with E-state index in [9.17, 15) is 0 Å². The lowest BCUT2D eigenvalue weighted by atomic mass is 9.94. The highest BCUT2D eigenvalue weighted by molar-refractivity contribution is 5.65. The Labute approximate surface area is 109 Å². The maximum atomic E-state index is 2.50. The predicted molar refractivity (Wildman–Crippen MR) is 76.5 cm³/mol. The Bertz CT molecular complexity index is 531. The van der Waals surface area contributed by atoms with Gasteiger partial charge in [-0.2, -0.15) is 0 Å². The molecule has 1 nitrogen and oxygen atoms in total. The maximum Gasteiger partial charge on any atom is 0.0236 e. The van der Waals surface area contributed by atoms with Gasteiger partial charge in [0.2, 0.25) is 0 Å². The number of rotatable bonds is 2. The number of likely N-dealkylation sites (N-methyl/N-ethyl adjacent to an activating group) is 1. The third kappa shape index (κ3) is 2.19. The fraction of sp³-hybridized carbons (Fsp3) is 0.294. The highest BCUT2D eigenvalue weighted by atomic mass is 15.1. The fourth-order valence-electron chi connectivity index (χ4n) is 2.69. The minimum absolute atomic E-state index is 1.11. The van der Waals surface area contributed by atoms with Gasteiger partial charge >= 0.3 is 0 Å². The van der Waals surface area contributed by atoms with E-state index in [-0.39, 0.29) is 0 Å². The summed E-state index contributed by atoms with van der Waals surface area (Å²) in [6.45, 7) is 5.70. The molecule has 1 aliphatic rings. The van der Waals surface area contributed by atoms with Crippen LogP contribution in [0.4, 0.5) is 0 Å². The zero-order valence-electron chi connectivity index (χ0n) is 10.9. The van der Waals surface area contributed by atoms with Gasteiger partial charge in [0.15, 0.2) is 0 Å². The molecule has 1 heteroatoms. The van der Waals surface area contributed by atoms with Crippen LogP contribution in [0.25, 0.3) is 11.1 Å². The van der Waals surface area contributed by atoms with Gasteiger partial charge in [-0.05, 0) is 35.2 Å². The standard InChI is InChI=1S/C17H19N/c1-2-18-11-10-16-12-15(8-9-17(16)13-18)14-6-4-3-5-7-14/h3-9,12H,2,10-11,13H2,1H3. The van der Waals surface area contributed by atoms with E-state index in [2.05, 4.69) is 60.4 Å². The summed E-state index contributed by atoms with van der Waals surface area (Å²) in [5.41, 5.74) is 5.70. The van der Waals surface area contributed by atoms with Crippen LogP contribution in [-0.2, 0) is 13.0 Å². The number of hydrogen-bond donors (Lipinski definition) is 0. The Hall–Kier alpha value is -1.60. The quantitative estimate of drug-likeness (QED) is 0.769. The number of benzene rings is 2. The third-order valence-corrected chi connectivity index (χ3v) is 3.85. The number of fused-ring (bicyclic) bond motifs is 1. The summed E-state index contributed by atoms with van der Waals surface area (Å²) >= 11 is 0. The van der Waals surface area contributed by atoms with Crippen LogP contribution >= 0.6 is 0 Å². The van der Waals surface area contributed by atoms with Crippen molar-refractivity contribution in [3.8, 4) is 11.1 Å². The van der Waals surface area contributed by atoms with E-state index < -0.39 is 0 Å². The molecule has 0 bridgehead atoms. The van der Waals surface area contributed by atoms with Gasteiger partial charge in [-0.3, -0.25) is 4.90 Å². The summed E-state index contributed by atoms with van der Waals surface area (Å²) in [4.78, 5) is 2.50. The van der Waals surface area contributed by atoms with E-state index in [0.717, 1.165) is 13.1 Å². The monoisotopic (exact) mass is 237 g/mol. The molecule has 92 valence electrons. The molecule has 0 saturated carbocycles. The molecule has 2 aromatic carbocycles. The second kappa shape index (κ2) is 4.95. The molecule has 0 saturated heterocycles. The fourth-order valence-corrected chi connectivity index (χ4v) is 2.69. The molecule has 1 heterocycles. The minimum atomic E-state index is 1.11. The Kier molecular flexibility index (Phi) is 3.16. The molecule has 0 atom stereocenters. The summed E-state index contributed by atoms with van der Waals surface area (Å²) in [5.74, 6) is 0. The summed E-state index contributed by atoms with van der Waals surface area (Å²) in [7, 11) is 0. The van der Waals surface area contributed by atoms with Crippen LogP contribution in [0, 0.1) is 0 Å². The molecule has 2 aromatic rings. The molecule has 0 aliphatic carbocycles. The van der Waals surface area contributed by atoms with Crippen molar-refractivity contribution in [3.05, 3.63) is 59.7 Å². The number of hydrogen-bond acceptors (Lipinski definition) is 1. The van der Waals surface area contributed by atoms with Crippen molar-refractivity contribution in [2.24, 2.45) is 0 Å². The van der Waals surface area contributed by atoms with Crippen molar-refractivity contribution in [2.45, 2.75) is 19.9 Å². The molecule has 0 radical (unpaired) electrons. The Morgan fingerprint density at radius 2 is 1.78 bits per heavy atom. The van der Waals surface area contributed by atoms with Crippen LogP contribution in [0.1, 0.15) is 18.1 Å². The molecule has 0 unspecified atom stereocenters. The third-order valence-electron chi connectivity index (χ3n) is 3.85. The van der Waals surface area contributed by atoms with Crippen LogP contribution in [0.2, 0.25) is 0 Å². The Balaban J connectivity index is 1.93. The largest absolute Gasteiger partial charge is 0.299 e. The second-order valence-electron chi connectivity index (χ2n) is 4.97. The smallest absolute Gasteiger partial charge is 0.0236 e. The van der Waals surface area contributed by atoms with Crippen molar-refractivity contribution in [3.63, 3.8) is 0 Å². The predicted octanol–water partition coefficient (Wildman–Crippen LogP) is 3.73. The van der Waals surface area contributed by atoms with Crippen LogP contribution in [0.3, 0.4) is 0 Å². The van der Waals surface area contributed by atoms with Gasteiger partial charge in [0.05, 0.1) is 0 Å². The maximum absolute atomic E-state index is 2.50. The van der Waals surface area contributed by atoms with Crippen molar-refractivity contribution in [1.29, 1.82) is 0 Å². The van der Waals surface area contributed by atoms with Crippen LogP contribution < -0.4 is 0 Å². The first-order valence-corrected chi connectivity index (χ1v) is 6.76. The van der Waals surface area contributed by atoms with Gasteiger partial charge < -0.3 is 0 Å². The minimum Gasteiger partial charge on any atom is -0.299 e. The van der Waals surface area contributed by atoms with Crippen molar-refractivity contribution in [2.75, 3.05) is 13.1 Å². The molecular formula is C17H19N. The van der Waals surface area contributed by atoms with E-state index in [1.54, 1.807) is 0 Å². The Morgan fingerprint density at radius 3 is 2.56 bits per heavy atom. The van der Waals surface area contributed by atoms with Gasteiger partial charge in [0.1, 0.15) is 0 Å². The van der Waals surface area contributed by atoms with E-state index in [1.165, 1.54) is 35.2 Å². The van der Waals surface area contributed by atoms with Crippen LogP contribution in [-0.4, -0.2) is 18.0 Å². The van der Waals surface area contributed by atoms with Crippen LogP contribution in [0.15, 0.2) is 48.5 Å². The van der Waals surface area contributed by atoms with Crippen molar-refractivity contribution < 1.29 is 0 Å². The summed E-state index contributed by atoms with van der Waals surface area (Å²) in [6.07, 6.45) is 1.18. The van der Waals surface area contributed by atoms with Crippen LogP contribution in [0.5, 0.6) is 0 Å². The van der Waals surface area contributed by atoms with Gasteiger partial charge in [0, 0.05) is 13.1 Å². The highest BCUT2D eigenvalue weighted by Crippen LogP contribution is 2.25. The molecule has 3 rings (SSSR count). The van der Waals surface area contributed by atoms with Gasteiger partial charge in [-0.15, -0.1) is 0 Å². The zero-order valence-corrected chi connectivity index (χ0v) is 10.9. The lowest BCUT2D eigenvalue weighted by Crippen LogP contribution is -2.30. The van der Waals surface area contributed by atoms with E-state index in [1.807, 2.05) is 0 Å². The number of nitrogens with zero attached hydrogens (tertiary/aromatic N) is 1. The molecule has 18 heavy (non-hydrogen) atoms. The van der Waals surface area contributed by atoms with Gasteiger partial charge in [0.25, 0.3) is 0 Å². The average molecular weight is 237 g/mol. The molecule has 0 spiro atoms. The molecule has 0 aromatic heterocycles. The van der Waals surface area contributed by atoms with E-state index >= 15 is 0 Å². The first-order valence-electron chi connectivity index (χ1n) is 6.76. The van der Waals surface area contributed by atoms with E-state index in [4.69, 9.17) is 0 Å². The molecule has 0 amide bonds.